The third kappa shape index (κ3) is 2.91. The van der Waals surface area contributed by atoms with Gasteiger partial charge < -0.3 is 10.2 Å². The van der Waals surface area contributed by atoms with E-state index in [-0.39, 0.29) is 17.7 Å². The fraction of sp³-hybridized carbons (Fsp3) is 0.500. The Labute approximate surface area is 129 Å². The van der Waals surface area contributed by atoms with Crippen LogP contribution in [0.2, 0.25) is 5.02 Å². The second-order valence-corrected chi connectivity index (χ2v) is 6.56. The van der Waals surface area contributed by atoms with Crippen LogP contribution in [0.5, 0.6) is 0 Å². The van der Waals surface area contributed by atoms with E-state index in [0.717, 1.165) is 18.4 Å². The SMILES string of the molecule is CC1(C2CC2)NC(=O)CCN(Cc2ccc(Cl)cc2)C1=O. The normalized spacial score (nSPS) is 26.5. The highest BCUT2D eigenvalue weighted by molar-refractivity contribution is 6.30. The second-order valence-electron chi connectivity index (χ2n) is 6.13. The third-order valence-corrected chi connectivity index (χ3v) is 4.67. The van der Waals surface area contributed by atoms with E-state index < -0.39 is 5.54 Å². The van der Waals surface area contributed by atoms with Gasteiger partial charge in [0.25, 0.3) is 0 Å². The van der Waals surface area contributed by atoms with Crippen molar-refractivity contribution in [1.29, 1.82) is 0 Å². The Morgan fingerprint density at radius 2 is 1.95 bits per heavy atom. The van der Waals surface area contributed by atoms with Crippen LogP contribution in [0.4, 0.5) is 0 Å². The van der Waals surface area contributed by atoms with E-state index in [1.54, 1.807) is 4.90 Å². The van der Waals surface area contributed by atoms with Gasteiger partial charge in [0.1, 0.15) is 5.54 Å². The zero-order valence-electron chi connectivity index (χ0n) is 12.1. The summed E-state index contributed by atoms with van der Waals surface area (Å²) in [5.74, 6) is 0.280. The molecule has 1 N–H and O–H groups in total. The first-order chi connectivity index (χ1) is 9.99. The minimum absolute atomic E-state index is 0.0312. The van der Waals surface area contributed by atoms with E-state index in [2.05, 4.69) is 5.32 Å². The van der Waals surface area contributed by atoms with E-state index >= 15 is 0 Å². The lowest BCUT2D eigenvalue weighted by Crippen LogP contribution is -2.56. The van der Waals surface area contributed by atoms with Crippen molar-refractivity contribution in [3.05, 3.63) is 34.9 Å². The van der Waals surface area contributed by atoms with Crippen molar-refractivity contribution < 1.29 is 9.59 Å². The third-order valence-electron chi connectivity index (χ3n) is 4.42. The molecule has 0 aromatic heterocycles. The van der Waals surface area contributed by atoms with Gasteiger partial charge in [0, 0.05) is 24.5 Å². The Hall–Kier alpha value is -1.55. The highest BCUT2D eigenvalue weighted by atomic mass is 35.5. The van der Waals surface area contributed by atoms with E-state index in [0.29, 0.717) is 24.5 Å². The van der Waals surface area contributed by atoms with Crippen LogP contribution in [0.25, 0.3) is 0 Å². The van der Waals surface area contributed by atoms with Crippen molar-refractivity contribution in [3.63, 3.8) is 0 Å². The first kappa shape index (κ1) is 14.4. The summed E-state index contributed by atoms with van der Waals surface area (Å²) in [5.41, 5.74) is 0.292. The number of rotatable bonds is 3. The van der Waals surface area contributed by atoms with Crippen molar-refractivity contribution >= 4 is 23.4 Å². The van der Waals surface area contributed by atoms with Crippen LogP contribution in [0.15, 0.2) is 24.3 Å². The van der Waals surface area contributed by atoms with Crippen LogP contribution in [-0.4, -0.2) is 28.8 Å². The monoisotopic (exact) mass is 306 g/mol. The van der Waals surface area contributed by atoms with E-state index in [9.17, 15) is 9.59 Å². The Bertz CT molecular complexity index is 568. The lowest BCUT2D eigenvalue weighted by molar-refractivity contribution is -0.139. The minimum atomic E-state index is -0.736. The first-order valence-electron chi connectivity index (χ1n) is 7.34. The molecule has 1 unspecified atom stereocenters. The molecular formula is C16H19ClN2O2. The van der Waals surface area contributed by atoms with Gasteiger partial charge in [-0.1, -0.05) is 23.7 Å². The summed E-state index contributed by atoms with van der Waals surface area (Å²) in [7, 11) is 0. The summed E-state index contributed by atoms with van der Waals surface area (Å²) >= 11 is 5.89. The van der Waals surface area contributed by atoms with Gasteiger partial charge in [-0.3, -0.25) is 9.59 Å². The van der Waals surface area contributed by atoms with Crippen LogP contribution in [0.1, 0.15) is 31.7 Å². The molecule has 0 bridgehead atoms. The maximum atomic E-state index is 12.9. The number of nitrogens with one attached hydrogen (secondary N) is 1. The van der Waals surface area contributed by atoms with Crippen LogP contribution in [0.3, 0.4) is 0 Å². The Morgan fingerprint density at radius 3 is 2.57 bits per heavy atom. The van der Waals surface area contributed by atoms with Crippen molar-refractivity contribution in [3.8, 4) is 0 Å². The van der Waals surface area contributed by atoms with Crippen LogP contribution < -0.4 is 5.32 Å². The number of nitrogens with zero attached hydrogens (tertiary/aromatic N) is 1. The van der Waals surface area contributed by atoms with Crippen LogP contribution in [-0.2, 0) is 16.1 Å². The molecule has 21 heavy (non-hydrogen) atoms. The summed E-state index contributed by atoms with van der Waals surface area (Å²) in [6.07, 6.45) is 2.39. The number of benzene rings is 1. The lowest BCUT2D eigenvalue weighted by Gasteiger charge is -2.32. The average molecular weight is 307 g/mol. The smallest absolute Gasteiger partial charge is 0.248 e. The maximum absolute atomic E-state index is 12.9. The Morgan fingerprint density at radius 1 is 1.29 bits per heavy atom. The standard InChI is InChI=1S/C16H19ClN2O2/c1-16(12-4-5-12)15(21)19(9-8-14(20)18-16)10-11-2-6-13(17)7-3-11/h2-3,6-7,12H,4-5,8-10H2,1H3,(H,18,20). The fourth-order valence-electron chi connectivity index (χ4n) is 2.97. The molecule has 1 aromatic carbocycles. The molecule has 0 spiro atoms. The molecule has 1 saturated heterocycles. The van der Waals surface area contributed by atoms with Crippen LogP contribution in [0, 0.1) is 5.92 Å². The summed E-state index contributed by atoms with van der Waals surface area (Å²) in [4.78, 5) is 26.6. The molecule has 2 aliphatic rings. The predicted octanol–water partition coefficient (Wildman–Crippen LogP) is 2.36. The molecule has 0 radical (unpaired) electrons. The van der Waals surface area contributed by atoms with E-state index in [1.807, 2.05) is 31.2 Å². The van der Waals surface area contributed by atoms with Crippen molar-refractivity contribution in [2.75, 3.05) is 6.54 Å². The lowest BCUT2D eigenvalue weighted by atomic mass is 9.94. The molecule has 1 saturated carbocycles. The number of carbonyl (C=O) groups is 2. The molecule has 5 heteroatoms. The topological polar surface area (TPSA) is 49.4 Å². The van der Waals surface area contributed by atoms with E-state index in [4.69, 9.17) is 11.6 Å². The first-order valence-corrected chi connectivity index (χ1v) is 7.71. The average Bonchev–Trinajstić information content (AvgIpc) is 3.29. The quantitative estimate of drug-likeness (QED) is 0.932. The molecule has 1 aliphatic carbocycles. The van der Waals surface area contributed by atoms with Gasteiger partial charge in [-0.15, -0.1) is 0 Å². The predicted molar refractivity (Wildman–Crippen MR) is 80.8 cm³/mol. The second kappa shape index (κ2) is 5.34. The van der Waals surface area contributed by atoms with E-state index in [1.165, 1.54) is 0 Å². The molecule has 1 aromatic rings. The number of halogens is 1. The van der Waals surface area contributed by atoms with Gasteiger partial charge in [0.05, 0.1) is 0 Å². The Balaban J connectivity index is 1.81. The van der Waals surface area contributed by atoms with Gasteiger partial charge in [0.15, 0.2) is 0 Å². The number of hydrogen-bond acceptors (Lipinski definition) is 2. The Kier molecular flexibility index (Phi) is 3.66. The van der Waals surface area contributed by atoms with Gasteiger partial charge >= 0.3 is 0 Å². The summed E-state index contributed by atoms with van der Waals surface area (Å²) < 4.78 is 0. The van der Waals surface area contributed by atoms with Crippen molar-refractivity contribution in [2.24, 2.45) is 5.92 Å². The molecule has 1 aliphatic heterocycles. The van der Waals surface area contributed by atoms with Gasteiger partial charge in [-0.25, -0.2) is 0 Å². The van der Waals surface area contributed by atoms with Gasteiger partial charge in [-0.2, -0.15) is 0 Å². The number of carbonyl (C=O) groups excluding carboxylic acids is 2. The summed E-state index contributed by atoms with van der Waals surface area (Å²) in [6, 6.07) is 7.49. The molecule has 4 nitrogen and oxygen atoms in total. The summed E-state index contributed by atoms with van der Waals surface area (Å²) in [5, 5.41) is 3.62. The molecule has 3 rings (SSSR count). The molecule has 2 fully saturated rings. The molecule has 1 atom stereocenters. The molecule has 2 amide bonds. The highest BCUT2D eigenvalue weighted by Crippen LogP contribution is 2.41. The summed E-state index contributed by atoms with van der Waals surface area (Å²) in [6.45, 7) is 2.86. The molecule has 1 heterocycles. The van der Waals surface area contributed by atoms with Crippen molar-refractivity contribution in [2.45, 2.75) is 38.3 Å². The zero-order valence-corrected chi connectivity index (χ0v) is 12.8. The number of hydrogen-bond donors (Lipinski definition) is 1. The minimum Gasteiger partial charge on any atom is -0.342 e. The van der Waals surface area contributed by atoms with Crippen LogP contribution >= 0.6 is 11.6 Å². The highest BCUT2D eigenvalue weighted by Gasteiger charge is 2.50. The van der Waals surface area contributed by atoms with Crippen molar-refractivity contribution in [1.82, 2.24) is 10.2 Å². The molecular weight excluding hydrogens is 288 g/mol. The fourth-order valence-corrected chi connectivity index (χ4v) is 3.10. The molecule has 112 valence electrons. The van der Waals surface area contributed by atoms with Gasteiger partial charge in [0.2, 0.25) is 11.8 Å². The zero-order chi connectivity index (χ0) is 15.0. The number of amides is 2. The largest absolute Gasteiger partial charge is 0.342 e. The van der Waals surface area contributed by atoms with Gasteiger partial charge in [-0.05, 0) is 43.4 Å². The maximum Gasteiger partial charge on any atom is 0.248 e.